The predicted molar refractivity (Wildman–Crippen MR) is 576 cm³/mol. The number of fused-ring (bicyclic) bond motifs is 37. The minimum absolute atomic E-state index is 0.553. The van der Waals surface area contributed by atoms with Crippen molar-refractivity contribution < 1.29 is 0 Å². The number of rotatable bonds is 11. The molecule has 24 aromatic rings. The molecule has 0 saturated carbocycles. The lowest BCUT2D eigenvalue weighted by atomic mass is 9.65. The van der Waals surface area contributed by atoms with Gasteiger partial charge in [-0.1, -0.05) is 425 Å². The summed E-state index contributed by atoms with van der Waals surface area (Å²) < 4.78 is 5.24. The summed E-state index contributed by atoms with van der Waals surface area (Å²) in [4.78, 5) is 5.08. The minimum atomic E-state index is -0.686. The highest BCUT2D eigenvalue weighted by molar-refractivity contribution is 6.19. The van der Waals surface area contributed by atoms with Crippen molar-refractivity contribution in [3.63, 3.8) is 0 Å². The first-order valence-electron chi connectivity index (χ1n) is 49.0. The van der Waals surface area contributed by atoms with Crippen molar-refractivity contribution in [2.45, 2.75) is 21.7 Å². The standard InChI is InChI=1S/C136H84N4/c1-4-32-85(33-5-1)89-34-28-39-93(80-89)138(95-73-77-108-106-47-17-22-55-115(106)134(125(108)82-95)113-53-20-11-40-99(113)100-41-12-21-54-114(100)134)97-75-79-121-129(84-97)140-127-63-31-49-98(130(127)111-51-30-61-123(132(111)140)136(121)118-58-25-15-44-103(118)104-45-16-26-59-119(104)136)88-66-64-86(65-67-88)87-68-70-92(71-69-87)137(94-72-76-107-105-46-10-19-52-112(105)133(124(107)81-94,90-35-6-2-7-36-90)91-37-8-3-9-38-91)96-74-78-120-128(83-96)139-126-62-27-18-48-109(126)110-50-29-60-122(131(110)139)135(120)116-56-23-13-42-101(116)102-43-14-24-57-117(102)135/h1-84H. The Bertz CT molecular complexity index is 9270. The van der Waals surface area contributed by atoms with Gasteiger partial charge in [-0.25, -0.2) is 0 Å². The molecule has 0 unspecified atom stereocenters. The normalized spacial score (nSPS) is 14.2. The summed E-state index contributed by atoms with van der Waals surface area (Å²) in [6.07, 6.45) is 0. The van der Waals surface area contributed by atoms with E-state index in [9.17, 15) is 0 Å². The highest BCUT2D eigenvalue weighted by atomic mass is 15.2. The van der Waals surface area contributed by atoms with Gasteiger partial charge < -0.3 is 18.9 Å². The molecule has 4 nitrogen and oxygen atoms in total. The molecule has 31 rings (SSSR count). The molecule has 648 valence electrons. The van der Waals surface area contributed by atoms with E-state index in [0.717, 1.165) is 73.3 Å². The van der Waals surface area contributed by atoms with E-state index in [2.05, 4.69) is 529 Å². The van der Waals surface area contributed by atoms with E-state index in [4.69, 9.17) is 0 Å². The molecule has 7 aliphatic rings. The van der Waals surface area contributed by atoms with Crippen molar-refractivity contribution in [1.82, 2.24) is 9.13 Å². The number of nitrogens with zero attached hydrogens (tertiary/aromatic N) is 4. The molecule has 4 heterocycles. The van der Waals surface area contributed by atoms with Crippen LogP contribution in [-0.4, -0.2) is 9.13 Å². The van der Waals surface area contributed by atoms with Gasteiger partial charge in [-0.15, -0.1) is 0 Å². The molecule has 0 saturated heterocycles. The summed E-state index contributed by atoms with van der Waals surface area (Å²) in [5.74, 6) is 0. The van der Waals surface area contributed by atoms with Gasteiger partial charge in [0, 0.05) is 55.7 Å². The minimum Gasteiger partial charge on any atom is -0.310 e. The Balaban J connectivity index is 0.578. The van der Waals surface area contributed by atoms with Gasteiger partial charge in [0.1, 0.15) is 0 Å². The highest BCUT2D eigenvalue weighted by Gasteiger charge is 2.56. The number of hydrogen-bond donors (Lipinski definition) is 0. The molecular formula is C136H84N4. The highest BCUT2D eigenvalue weighted by Crippen LogP contribution is 2.68. The number of anilines is 6. The third kappa shape index (κ3) is 9.97. The summed E-state index contributed by atoms with van der Waals surface area (Å²) in [5.41, 5.74) is 51.1. The first-order valence-corrected chi connectivity index (χ1v) is 49.0. The summed E-state index contributed by atoms with van der Waals surface area (Å²) in [6, 6.07) is 195. The van der Waals surface area contributed by atoms with Crippen molar-refractivity contribution in [2.75, 3.05) is 9.80 Å². The Morgan fingerprint density at radius 1 is 0.150 bits per heavy atom. The van der Waals surface area contributed by atoms with Crippen molar-refractivity contribution >= 4 is 77.7 Å². The predicted octanol–water partition coefficient (Wildman–Crippen LogP) is 33.9. The number of para-hydroxylation sites is 3. The third-order valence-electron chi connectivity index (χ3n) is 32.8. The van der Waals surface area contributed by atoms with E-state index in [1.165, 1.54) is 194 Å². The van der Waals surface area contributed by atoms with Gasteiger partial charge in [-0.3, -0.25) is 0 Å². The lowest BCUT2D eigenvalue weighted by molar-refractivity contribution is 0.748. The van der Waals surface area contributed by atoms with E-state index in [-0.39, 0.29) is 0 Å². The fourth-order valence-corrected chi connectivity index (χ4v) is 27.5. The fourth-order valence-electron chi connectivity index (χ4n) is 27.5. The third-order valence-corrected chi connectivity index (χ3v) is 32.8. The largest absolute Gasteiger partial charge is 0.310 e. The average Bonchev–Trinajstić information content (AvgIpc) is 1.50. The quantitative estimate of drug-likeness (QED) is 0.128. The molecule has 0 bridgehead atoms. The topological polar surface area (TPSA) is 16.3 Å². The van der Waals surface area contributed by atoms with Crippen LogP contribution in [0.2, 0.25) is 0 Å². The van der Waals surface area contributed by atoms with Gasteiger partial charge >= 0.3 is 0 Å². The summed E-state index contributed by atoms with van der Waals surface area (Å²) in [6.45, 7) is 0. The monoisotopic (exact) mass is 1770 g/mol. The van der Waals surface area contributed by atoms with Crippen LogP contribution in [0.15, 0.2) is 510 Å². The van der Waals surface area contributed by atoms with Crippen LogP contribution >= 0.6 is 0 Å². The summed E-state index contributed by atoms with van der Waals surface area (Å²) >= 11 is 0. The second-order valence-electron chi connectivity index (χ2n) is 39.0. The zero-order chi connectivity index (χ0) is 91.4. The molecule has 0 atom stereocenters. The number of hydrogen-bond acceptors (Lipinski definition) is 2. The maximum atomic E-state index is 2.65. The smallest absolute Gasteiger partial charge is 0.0754 e. The molecule has 2 aliphatic heterocycles. The van der Waals surface area contributed by atoms with Crippen molar-refractivity contribution in [1.29, 1.82) is 0 Å². The van der Waals surface area contributed by atoms with Crippen LogP contribution < -0.4 is 9.80 Å². The van der Waals surface area contributed by atoms with Crippen LogP contribution in [0.5, 0.6) is 0 Å². The molecule has 4 heteroatoms. The second kappa shape index (κ2) is 28.8. The van der Waals surface area contributed by atoms with Crippen LogP contribution in [-0.2, 0) is 21.7 Å². The lowest BCUT2D eigenvalue weighted by Gasteiger charge is -2.40. The van der Waals surface area contributed by atoms with E-state index in [1.807, 2.05) is 0 Å². The van der Waals surface area contributed by atoms with E-state index in [1.54, 1.807) is 0 Å². The van der Waals surface area contributed by atoms with Crippen molar-refractivity contribution in [3.8, 4) is 100 Å². The van der Waals surface area contributed by atoms with Crippen molar-refractivity contribution in [2.24, 2.45) is 0 Å². The van der Waals surface area contributed by atoms with E-state index < -0.39 is 21.7 Å². The molecule has 140 heavy (non-hydrogen) atoms. The maximum Gasteiger partial charge on any atom is 0.0754 e. The van der Waals surface area contributed by atoms with Gasteiger partial charge in [-0.2, -0.15) is 0 Å². The fraction of sp³-hybridized carbons (Fsp3) is 0.0294. The summed E-state index contributed by atoms with van der Waals surface area (Å²) in [5, 5.41) is 4.93. The van der Waals surface area contributed by atoms with E-state index >= 15 is 0 Å². The zero-order valence-corrected chi connectivity index (χ0v) is 76.3. The van der Waals surface area contributed by atoms with Crippen LogP contribution in [0.4, 0.5) is 34.1 Å². The van der Waals surface area contributed by atoms with Crippen molar-refractivity contribution in [3.05, 3.63) is 599 Å². The molecule has 0 N–H and O–H groups in total. The molecule has 0 amide bonds. The van der Waals surface area contributed by atoms with Crippen LogP contribution in [0.3, 0.4) is 0 Å². The molecule has 22 aromatic carbocycles. The van der Waals surface area contributed by atoms with E-state index in [0.29, 0.717) is 0 Å². The van der Waals surface area contributed by atoms with Gasteiger partial charge in [0.05, 0.1) is 55.1 Å². The first-order chi connectivity index (χ1) is 69.5. The Kier molecular flexibility index (Phi) is 15.9. The Morgan fingerprint density at radius 3 is 0.929 bits per heavy atom. The molecule has 0 radical (unpaired) electrons. The number of aromatic nitrogens is 2. The lowest BCUT2D eigenvalue weighted by Crippen LogP contribution is -2.33. The molecule has 2 aromatic heterocycles. The second-order valence-corrected chi connectivity index (χ2v) is 39.0. The molecule has 0 fully saturated rings. The van der Waals surface area contributed by atoms with Crippen LogP contribution in [0.25, 0.3) is 144 Å². The van der Waals surface area contributed by atoms with Crippen LogP contribution in [0.1, 0.15) is 89.0 Å². The Hall–Kier alpha value is -18.0. The first kappa shape index (κ1) is 77.3. The molecule has 3 spiro atoms. The van der Waals surface area contributed by atoms with Gasteiger partial charge in [0.25, 0.3) is 0 Å². The van der Waals surface area contributed by atoms with Gasteiger partial charge in [-0.05, 0) is 263 Å². The maximum absolute atomic E-state index is 2.65. The van der Waals surface area contributed by atoms with Gasteiger partial charge in [0.15, 0.2) is 0 Å². The Labute approximate surface area is 811 Å². The molecular weight excluding hydrogens is 1690 g/mol. The number of benzene rings is 22. The van der Waals surface area contributed by atoms with Gasteiger partial charge in [0.2, 0.25) is 0 Å². The Morgan fingerprint density at radius 2 is 0.443 bits per heavy atom. The SMILES string of the molecule is c1ccc(-c2cccc(N(c3ccc4c(c3)-n3c5cccc(-c6ccc(-c7ccc(N(c8ccc9c(c8)-n8c%10ccccc%10c%10cccc(c%108)C98c9ccccc9-c9ccccc98)c8ccc9c(c8)C(c8ccccc8)(c8ccccc8)c8ccccc8-9)cc7)cc6)c5c5cccc(c53)C43c4ccccc4-c4ccccc43)c3ccc4c(c3)C3(c5ccccc5-c5ccccc53)c3ccccc3-4)c2)cc1. The molecule has 5 aliphatic carbocycles. The zero-order valence-electron chi connectivity index (χ0n) is 76.3. The van der Waals surface area contributed by atoms with Crippen LogP contribution in [0, 0.1) is 0 Å². The average molecular weight is 1770 g/mol. The summed E-state index contributed by atoms with van der Waals surface area (Å²) in [7, 11) is 0.